The van der Waals surface area contributed by atoms with Gasteiger partial charge in [0.15, 0.2) is 5.82 Å². The van der Waals surface area contributed by atoms with Gasteiger partial charge in [0.2, 0.25) is 0 Å². The molecule has 0 fully saturated rings. The highest BCUT2D eigenvalue weighted by Crippen LogP contribution is 2.23. The summed E-state index contributed by atoms with van der Waals surface area (Å²) in [7, 11) is 0. The molecule has 2 heterocycles. The Morgan fingerprint density at radius 2 is 2.31 bits per heavy atom. The van der Waals surface area contributed by atoms with Gasteiger partial charge in [0.25, 0.3) is 5.89 Å². The highest BCUT2D eigenvalue weighted by molar-refractivity contribution is 5.55. The van der Waals surface area contributed by atoms with Crippen LogP contribution in [0.1, 0.15) is 25.4 Å². The second-order valence-electron chi connectivity index (χ2n) is 3.81. The third-order valence-corrected chi connectivity index (χ3v) is 2.27. The van der Waals surface area contributed by atoms with Crippen LogP contribution < -0.4 is 5.73 Å². The molecule has 0 aliphatic carbocycles. The first-order chi connectivity index (χ1) is 7.70. The first-order valence-electron chi connectivity index (χ1n) is 5.35. The van der Waals surface area contributed by atoms with E-state index in [1.807, 2.05) is 19.9 Å². The first kappa shape index (κ1) is 10.9. The third-order valence-electron chi connectivity index (χ3n) is 2.27. The van der Waals surface area contributed by atoms with Gasteiger partial charge >= 0.3 is 0 Å². The Bertz CT molecular complexity index is 459. The van der Waals surface area contributed by atoms with Gasteiger partial charge in [-0.05, 0) is 13.0 Å². The molecule has 2 aromatic heterocycles. The molecule has 16 heavy (non-hydrogen) atoms. The summed E-state index contributed by atoms with van der Waals surface area (Å²) in [6, 6.07) is 1.86. The molecule has 1 atom stereocenters. The van der Waals surface area contributed by atoms with E-state index in [2.05, 4.69) is 10.1 Å². The molecular weight excluding hydrogens is 206 g/mol. The van der Waals surface area contributed by atoms with E-state index < -0.39 is 0 Å². The minimum atomic E-state index is 0.0282. The van der Waals surface area contributed by atoms with Crippen molar-refractivity contribution in [1.29, 1.82) is 0 Å². The van der Waals surface area contributed by atoms with Gasteiger partial charge in [0.1, 0.15) is 5.76 Å². The van der Waals surface area contributed by atoms with Crippen LogP contribution in [0.4, 0.5) is 0 Å². The molecule has 0 aliphatic rings. The molecule has 2 rings (SSSR count). The Labute approximate surface area is 93.6 Å². The fourth-order valence-corrected chi connectivity index (χ4v) is 1.54. The van der Waals surface area contributed by atoms with Crippen molar-refractivity contribution >= 4 is 0 Å². The molecule has 0 bridgehead atoms. The standard InChI is InChI=1S/C11H15N3O2/c1-3-9-8(4-5-15-9)11-13-10(14-16-11)6-7(2)12/h4-5,7H,3,6,12H2,1-2H3. The summed E-state index contributed by atoms with van der Waals surface area (Å²) in [6.45, 7) is 3.92. The fourth-order valence-electron chi connectivity index (χ4n) is 1.54. The number of aromatic nitrogens is 2. The van der Waals surface area contributed by atoms with Crippen molar-refractivity contribution in [2.24, 2.45) is 5.73 Å². The van der Waals surface area contributed by atoms with Crippen molar-refractivity contribution < 1.29 is 8.94 Å². The van der Waals surface area contributed by atoms with E-state index in [9.17, 15) is 0 Å². The van der Waals surface area contributed by atoms with Crippen molar-refractivity contribution in [1.82, 2.24) is 10.1 Å². The quantitative estimate of drug-likeness (QED) is 0.851. The number of hydrogen-bond acceptors (Lipinski definition) is 5. The van der Waals surface area contributed by atoms with Gasteiger partial charge < -0.3 is 14.7 Å². The summed E-state index contributed by atoms with van der Waals surface area (Å²) < 4.78 is 10.5. The maximum atomic E-state index is 5.67. The minimum Gasteiger partial charge on any atom is -0.469 e. The predicted octanol–water partition coefficient (Wildman–Crippen LogP) is 1.78. The summed E-state index contributed by atoms with van der Waals surface area (Å²) >= 11 is 0. The van der Waals surface area contributed by atoms with Crippen LogP contribution in [0.2, 0.25) is 0 Å². The van der Waals surface area contributed by atoms with Crippen molar-refractivity contribution in [2.45, 2.75) is 32.7 Å². The van der Waals surface area contributed by atoms with E-state index in [4.69, 9.17) is 14.7 Å². The monoisotopic (exact) mass is 221 g/mol. The third kappa shape index (κ3) is 2.14. The largest absolute Gasteiger partial charge is 0.469 e. The average molecular weight is 221 g/mol. The van der Waals surface area contributed by atoms with Crippen molar-refractivity contribution in [2.75, 3.05) is 0 Å². The molecule has 0 aliphatic heterocycles. The summed E-state index contributed by atoms with van der Waals surface area (Å²) in [5, 5.41) is 3.88. The number of nitrogens with zero attached hydrogens (tertiary/aromatic N) is 2. The zero-order chi connectivity index (χ0) is 11.5. The Morgan fingerprint density at radius 1 is 1.50 bits per heavy atom. The van der Waals surface area contributed by atoms with Gasteiger partial charge in [-0.3, -0.25) is 0 Å². The van der Waals surface area contributed by atoms with Crippen LogP contribution in [0.5, 0.6) is 0 Å². The molecule has 0 amide bonds. The zero-order valence-corrected chi connectivity index (χ0v) is 9.43. The number of aryl methyl sites for hydroxylation is 1. The lowest BCUT2D eigenvalue weighted by molar-refractivity contribution is 0.418. The number of nitrogens with two attached hydrogens (primary N) is 1. The molecule has 1 unspecified atom stereocenters. The van der Waals surface area contributed by atoms with E-state index in [-0.39, 0.29) is 6.04 Å². The summed E-state index contributed by atoms with van der Waals surface area (Å²) in [4.78, 5) is 4.28. The lowest BCUT2D eigenvalue weighted by Crippen LogP contribution is -2.18. The maximum Gasteiger partial charge on any atom is 0.261 e. The molecular formula is C11H15N3O2. The number of rotatable bonds is 4. The van der Waals surface area contributed by atoms with Crippen LogP contribution in [-0.2, 0) is 12.8 Å². The number of hydrogen-bond donors (Lipinski definition) is 1. The van der Waals surface area contributed by atoms with Crippen LogP contribution in [0.25, 0.3) is 11.5 Å². The molecule has 0 spiro atoms. The van der Waals surface area contributed by atoms with Gasteiger partial charge in [-0.1, -0.05) is 12.1 Å². The lowest BCUT2D eigenvalue weighted by atomic mass is 10.2. The molecule has 0 aromatic carbocycles. The van der Waals surface area contributed by atoms with Crippen LogP contribution in [-0.4, -0.2) is 16.2 Å². The van der Waals surface area contributed by atoms with Crippen LogP contribution in [0, 0.1) is 0 Å². The molecule has 2 N–H and O–H groups in total. The lowest BCUT2D eigenvalue weighted by Gasteiger charge is -1.96. The Balaban J connectivity index is 2.24. The molecule has 0 radical (unpaired) electrons. The van der Waals surface area contributed by atoms with Gasteiger partial charge in [0.05, 0.1) is 11.8 Å². The highest BCUT2D eigenvalue weighted by atomic mass is 16.5. The second-order valence-corrected chi connectivity index (χ2v) is 3.81. The van der Waals surface area contributed by atoms with Gasteiger partial charge in [-0.2, -0.15) is 4.98 Å². The van der Waals surface area contributed by atoms with E-state index >= 15 is 0 Å². The highest BCUT2D eigenvalue weighted by Gasteiger charge is 2.14. The van der Waals surface area contributed by atoms with Crippen molar-refractivity contribution in [3.8, 4) is 11.5 Å². The minimum absolute atomic E-state index is 0.0282. The number of furan rings is 1. The molecule has 5 nitrogen and oxygen atoms in total. The SMILES string of the molecule is CCc1occc1-c1nc(CC(C)N)no1. The molecule has 2 aromatic rings. The Hall–Kier alpha value is -1.62. The van der Waals surface area contributed by atoms with E-state index in [0.717, 1.165) is 17.7 Å². The van der Waals surface area contributed by atoms with Crippen molar-refractivity contribution in [3.05, 3.63) is 23.9 Å². The topological polar surface area (TPSA) is 78.1 Å². The van der Waals surface area contributed by atoms with E-state index in [0.29, 0.717) is 18.1 Å². The zero-order valence-electron chi connectivity index (χ0n) is 9.43. The van der Waals surface area contributed by atoms with Crippen LogP contribution in [0.3, 0.4) is 0 Å². The normalized spacial score (nSPS) is 12.9. The fraction of sp³-hybridized carbons (Fsp3) is 0.455. The van der Waals surface area contributed by atoms with Gasteiger partial charge in [-0.15, -0.1) is 0 Å². The van der Waals surface area contributed by atoms with Crippen molar-refractivity contribution in [3.63, 3.8) is 0 Å². The molecule has 86 valence electrons. The molecule has 0 saturated carbocycles. The average Bonchev–Trinajstić information content (AvgIpc) is 2.83. The second kappa shape index (κ2) is 4.49. The van der Waals surface area contributed by atoms with Crippen LogP contribution in [0.15, 0.2) is 21.3 Å². The predicted molar refractivity (Wildman–Crippen MR) is 58.7 cm³/mol. The summed E-state index contributed by atoms with van der Waals surface area (Å²) in [5.41, 5.74) is 6.53. The van der Waals surface area contributed by atoms with E-state index in [1.54, 1.807) is 6.26 Å². The molecule has 5 heteroatoms. The first-order valence-corrected chi connectivity index (χ1v) is 5.35. The smallest absolute Gasteiger partial charge is 0.261 e. The maximum absolute atomic E-state index is 5.67. The Kier molecular flexibility index (Phi) is 3.05. The van der Waals surface area contributed by atoms with Gasteiger partial charge in [-0.25, -0.2) is 0 Å². The van der Waals surface area contributed by atoms with Gasteiger partial charge in [0, 0.05) is 18.9 Å². The van der Waals surface area contributed by atoms with E-state index in [1.165, 1.54) is 0 Å². The summed E-state index contributed by atoms with van der Waals surface area (Å²) in [6.07, 6.45) is 3.04. The van der Waals surface area contributed by atoms with Crippen LogP contribution >= 0.6 is 0 Å². The summed E-state index contributed by atoms with van der Waals surface area (Å²) in [5.74, 6) is 1.99. The molecule has 0 saturated heterocycles. The Morgan fingerprint density at radius 3 is 3.00 bits per heavy atom.